The Morgan fingerprint density at radius 3 is 1.91 bits per heavy atom. The fraction of sp³-hybridized carbons (Fsp3) is 0. The molecule has 0 saturated heterocycles. The molecular formula is C26H20N6O8S3. The molecule has 0 atom stereocenters. The Balaban J connectivity index is 1.64. The van der Waals surface area contributed by atoms with E-state index >= 15 is 0 Å². The Labute approximate surface area is 248 Å². The lowest BCUT2D eigenvalue weighted by Crippen LogP contribution is -2.08. The number of aromatic hydroxyl groups is 1. The molecule has 14 nitrogen and oxygen atoms in total. The van der Waals surface area contributed by atoms with Crippen LogP contribution < -0.4 is 11.5 Å². The van der Waals surface area contributed by atoms with Crippen LogP contribution in [0.2, 0.25) is 0 Å². The molecule has 0 aliphatic heterocycles. The Hall–Kier alpha value is -4.65. The standard InChI is InChI=1S/C26H20N6O8S3/c27-13-2-1-3-14(10-13)29-30-20-9-8-19(16-5-4-15(41-34)11-18(16)20)31-32-21-7-6-17-22(42(35,36)37)12-23(43(38,39)40)25(28)24(17)26(21)33/h1-12,33-34H,27-28H2,(H,35,36,37)(H,38,39,40). The van der Waals surface area contributed by atoms with Crippen molar-refractivity contribution in [2.24, 2.45) is 20.5 Å². The molecule has 0 radical (unpaired) electrons. The van der Waals surface area contributed by atoms with Crippen molar-refractivity contribution >= 4 is 87.9 Å². The molecule has 0 amide bonds. The van der Waals surface area contributed by atoms with Crippen LogP contribution in [0.4, 0.5) is 34.1 Å². The summed E-state index contributed by atoms with van der Waals surface area (Å²) in [6.45, 7) is 0. The number of nitrogens with two attached hydrogens (primary N) is 2. The number of azo groups is 2. The van der Waals surface area contributed by atoms with Crippen LogP contribution >= 0.6 is 12.0 Å². The third-order valence-electron chi connectivity index (χ3n) is 6.23. The number of phenols is 1. The molecule has 8 N–H and O–H groups in total. The average Bonchev–Trinajstić information content (AvgIpc) is 2.94. The van der Waals surface area contributed by atoms with E-state index in [1.165, 1.54) is 6.07 Å². The maximum atomic E-state index is 12.0. The van der Waals surface area contributed by atoms with E-state index in [0.29, 0.717) is 56.5 Å². The highest BCUT2D eigenvalue weighted by Crippen LogP contribution is 2.44. The van der Waals surface area contributed by atoms with E-state index < -0.39 is 46.9 Å². The summed E-state index contributed by atoms with van der Waals surface area (Å²) in [5, 5.41) is 28.0. The van der Waals surface area contributed by atoms with E-state index in [4.69, 9.17) is 11.5 Å². The topological polar surface area (TPSA) is 251 Å². The molecule has 0 bridgehead atoms. The van der Waals surface area contributed by atoms with Crippen molar-refractivity contribution in [1.29, 1.82) is 0 Å². The number of hydrogen-bond acceptors (Lipinski definition) is 13. The Morgan fingerprint density at radius 1 is 0.651 bits per heavy atom. The predicted molar refractivity (Wildman–Crippen MR) is 161 cm³/mol. The first kappa shape index (κ1) is 29.8. The molecular weight excluding hydrogens is 621 g/mol. The SMILES string of the molecule is Nc1cccc(N=Nc2ccc(N=Nc3ccc4c(S(=O)(=O)O)cc(S(=O)(=O)O)c(N)c4c3O)c3ccc(SO)cc23)c1. The molecule has 5 aromatic rings. The smallest absolute Gasteiger partial charge is 0.296 e. The van der Waals surface area contributed by atoms with E-state index in [2.05, 4.69) is 20.5 Å². The van der Waals surface area contributed by atoms with Crippen molar-refractivity contribution in [3.63, 3.8) is 0 Å². The van der Waals surface area contributed by atoms with Crippen LogP contribution in [0.1, 0.15) is 0 Å². The summed E-state index contributed by atoms with van der Waals surface area (Å²) in [4.78, 5) is -1.44. The lowest BCUT2D eigenvalue weighted by molar-refractivity contribution is 0.481. The van der Waals surface area contributed by atoms with Gasteiger partial charge in [0.25, 0.3) is 20.2 Å². The summed E-state index contributed by atoms with van der Waals surface area (Å²) in [6.07, 6.45) is 0. The van der Waals surface area contributed by atoms with Gasteiger partial charge < -0.3 is 21.1 Å². The Kier molecular flexibility index (Phi) is 7.78. The molecule has 5 aromatic carbocycles. The van der Waals surface area contributed by atoms with E-state index in [9.17, 15) is 35.6 Å². The third-order valence-corrected chi connectivity index (χ3v) is 8.48. The quantitative estimate of drug-likeness (QED) is 0.0469. The van der Waals surface area contributed by atoms with Crippen molar-refractivity contribution in [3.8, 4) is 5.75 Å². The van der Waals surface area contributed by atoms with Crippen molar-refractivity contribution in [2.45, 2.75) is 14.7 Å². The number of nitrogen functional groups attached to an aromatic ring is 2. The maximum Gasteiger partial charge on any atom is 0.296 e. The second kappa shape index (κ2) is 11.2. The third kappa shape index (κ3) is 5.98. The molecule has 0 fully saturated rings. The molecule has 0 spiro atoms. The molecule has 0 aliphatic carbocycles. The molecule has 5 rings (SSSR count). The lowest BCUT2D eigenvalue weighted by Gasteiger charge is -2.13. The number of fused-ring (bicyclic) bond motifs is 2. The molecule has 0 unspecified atom stereocenters. The van der Waals surface area contributed by atoms with Crippen LogP contribution in [0.3, 0.4) is 0 Å². The van der Waals surface area contributed by atoms with Gasteiger partial charge in [0.1, 0.15) is 15.5 Å². The number of nitrogens with zero attached hydrogens (tertiary/aromatic N) is 4. The predicted octanol–water partition coefficient (Wildman–Crippen LogP) is 6.75. The van der Waals surface area contributed by atoms with Crippen LogP contribution in [0, 0.1) is 0 Å². The highest BCUT2D eigenvalue weighted by molar-refractivity contribution is 7.93. The summed E-state index contributed by atoms with van der Waals surface area (Å²) in [6, 6.07) is 17.7. The Morgan fingerprint density at radius 2 is 1.26 bits per heavy atom. The van der Waals surface area contributed by atoms with Gasteiger partial charge in [-0.3, -0.25) is 9.11 Å². The van der Waals surface area contributed by atoms with Crippen molar-refractivity contribution in [1.82, 2.24) is 0 Å². The van der Waals surface area contributed by atoms with Crippen LogP contribution in [-0.2, 0) is 20.2 Å². The summed E-state index contributed by atoms with van der Waals surface area (Å²) in [5.74, 6) is -0.759. The lowest BCUT2D eigenvalue weighted by atomic mass is 10.1. The summed E-state index contributed by atoms with van der Waals surface area (Å²) >= 11 is 0.526. The number of phenolic OH excluding ortho intramolecular Hbond substituents is 1. The first-order valence-electron chi connectivity index (χ1n) is 11.9. The summed E-state index contributed by atoms with van der Waals surface area (Å²) < 4.78 is 76.4. The van der Waals surface area contributed by atoms with Gasteiger partial charge in [0.2, 0.25) is 0 Å². The van der Waals surface area contributed by atoms with Crippen LogP contribution in [0.15, 0.2) is 108 Å². The van der Waals surface area contributed by atoms with E-state index in [1.807, 2.05) is 0 Å². The fourth-order valence-corrected chi connectivity index (χ4v) is 6.03. The van der Waals surface area contributed by atoms with E-state index in [-0.39, 0.29) is 11.1 Å². The van der Waals surface area contributed by atoms with E-state index in [1.54, 1.807) is 54.6 Å². The normalized spacial score (nSPS) is 12.6. The molecule has 0 saturated carbocycles. The second-order valence-corrected chi connectivity index (χ2v) is 12.4. The maximum absolute atomic E-state index is 12.0. The summed E-state index contributed by atoms with van der Waals surface area (Å²) in [5.41, 5.74) is 12.5. The van der Waals surface area contributed by atoms with Gasteiger partial charge in [0, 0.05) is 38.8 Å². The molecule has 17 heteroatoms. The van der Waals surface area contributed by atoms with Crippen molar-refractivity contribution in [2.75, 3.05) is 11.5 Å². The van der Waals surface area contributed by atoms with Gasteiger partial charge in [-0.2, -0.15) is 21.9 Å². The van der Waals surface area contributed by atoms with Crippen molar-refractivity contribution in [3.05, 3.63) is 72.8 Å². The number of anilines is 2. The molecule has 0 heterocycles. The minimum absolute atomic E-state index is 0.242. The second-order valence-electron chi connectivity index (χ2n) is 8.99. The molecule has 0 aromatic heterocycles. The number of rotatable bonds is 7. The van der Waals surface area contributed by atoms with Gasteiger partial charge in [-0.25, -0.2) is 0 Å². The van der Waals surface area contributed by atoms with Crippen LogP contribution in [0.5, 0.6) is 5.75 Å². The highest BCUT2D eigenvalue weighted by Gasteiger charge is 2.26. The zero-order chi connectivity index (χ0) is 31.1. The molecule has 43 heavy (non-hydrogen) atoms. The van der Waals surface area contributed by atoms with Gasteiger partial charge in [-0.1, -0.05) is 18.2 Å². The molecule has 0 aliphatic rings. The van der Waals surface area contributed by atoms with E-state index in [0.717, 1.165) is 6.07 Å². The summed E-state index contributed by atoms with van der Waals surface area (Å²) in [7, 11) is -10.1. The highest BCUT2D eigenvalue weighted by atomic mass is 32.2. The Bertz CT molecular complexity index is 2220. The fourth-order valence-electron chi connectivity index (χ4n) is 4.30. The zero-order valence-electron chi connectivity index (χ0n) is 21.5. The van der Waals surface area contributed by atoms with Gasteiger partial charge in [0.05, 0.1) is 28.1 Å². The van der Waals surface area contributed by atoms with Gasteiger partial charge in [-0.15, -0.1) is 15.3 Å². The first-order chi connectivity index (χ1) is 20.3. The van der Waals surface area contributed by atoms with Gasteiger partial charge in [0.15, 0.2) is 5.75 Å². The number of benzene rings is 5. The van der Waals surface area contributed by atoms with Crippen LogP contribution in [0.25, 0.3) is 21.5 Å². The van der Waals surface area contributed by atoms with Gasteiger partial charge in [-0.05, 0) is 54.6 Å². The van der Waals surface area contributed by atoms with Crippen LogP contribution in [-0.4, -0.2) is 35.6 Å². The average molecular weight is 641 g/mol. The zero-order valence-corrected chi connectivity index (χ0v) is 24.0. The minimum atomic E-state index is -5.06. The first-order valence-corrected chi connectivity index (χ1v) is 15.5. The molecule has 220 valence electrons. The van der Waals surface area contributed by atoms with Crippen molar-refractivity contribution < 1.29 is 35.6 Å². The van der Waals surface area contributed by atoms with Gasteiger partial charge >= 0.3 is 0 Å². The minimum Gasteiger partial charge on any atom is -0.505 e. The number of hydrogen-bond donors (Lipinski definition) is 6. The monoisotopic (exact) mass is 640 g/mol. The largest absolute Gasteiger partial charge is 0.505 e.